The van der Waals surface area contributed by atoms with E-state index in [0.717, 1.165) is 3.57 Å². The van der Waals surface area contributed by atoms with E-state index >= 15 is 0 Å². The predicted octanol–water partition coefficient (Wildman–Crippen LogP) is 3.05. The van der Waals surface area contributed by atoms with Crippen LogP contribution in [0, 0.1) is 9.39 Å². The van der Waals surface area contributed by atoms with Crippen molar-refractivity contribution in [3.63, 3.8) is 0 Å². The summed E-state index contributed by atoms with van der Waals surface area (Å²) in [7, 11) is 0. The molecule has 2 N–H and O–H groups in total. The molecule has 0 aliphatic rings. The SMILES string of the molecule is Nc1nc(Cc2cccc(Cl)c2F)ncc1I. The second kappa shape index (κ2) is 5.14. The third kappa shape index (κ3) is 2.84. The van der Waals surface area contributed by atoms with Gasteiger partial charge in [0.05, 0.1) is 8.59 Å². The van der Waals surface area contributed by atoms with Crippen LogP contribution in [0.3, 0.4) is 0 Å². The lowest BCUT2D eigenvalue weighted by Gasteiger charge is -2.05. The molecule has 0 unspecified atom stereocenters. The van der Waals surface area contributed by atoms with E-state index in [1.54, 1.807) is 18.3 Å². The van der Waals surface area contributed by atoms with Crippen LogP contribution in [0.5, 0.6) is 0 Å². The molecule has 88 valence electrons. The third-order valence-electron chi connectivity index (χ3n) is 2.20. The number of aromatic nitrogens is 2. The zero-order chi connectivity index (χ0) is 12.4. The first kappa shape index (κ1) is 12.5. The van der Waals surface area contributed by atoms with Gasteiger partial charge in [-0.2, -0.15) is 0 Å². The Kier molecular flexibility index (Phi) is 3.78. The molecule has 6 heteroatoms. The van der Waals surface area contributed by atoms with Crippen molar-refractivity contribution in [2.45, 2.75) is 6.42 Å². The second-order valence-electron chi connectivity index (χ2n) is 3.41. The van der Waals surface area contributed by atoms with Crippen molar-refractivity contribution in [1.82, 2.24) is 9.97 Å². The quantitative estimate of drug-likeness (QED) is 0.835. The number of anilines is 1. The maximum atomic E-state index is 13.6. The molecule has 3 nitrogen and oxygen atoms in total. The lowest BCUT2D eigenvalue weighted by atomic mass is 10.1. The van der Waals surface area contributed by atoms with Gasteiger partial charge in [-0.05, 0) is 34.2 Å². The maximum Gasteiger partial charge on any atom is 0.145 e. The molecule has 0 atom stereocenters. The van der Waals surface area contributed by atoms with Crippen molar-refractivity contribution < 1.29 is 4.39 Å². The average molecular weight is 364 g/mol. The Bertz CT molecular complexity index is 562. The first-order chi connectivity index (χ1) is 8.08. The molecular weight excluding hydrogens is 355 g/mol. The highest BCUT2D eigenvalue weighted by molar-refractivity contribution is 14.1. The first-order valence-corrected chi connectivity index (χ1v) is 6.23. The van der Waals surface area contributed by atoms with E-state index in [2.05, 4.69) is 9.97 Å². The zero-order valence-electron chi connectivity index (χ0n) is 8.62. The smallest absolute Gasteiger partial charge is 0.145 e. The number of hydrogen-bond acceptors (Lipinski definition) is 3. The Balaban J connectivity index is 2.31. The Morgan fingerprint density at radius 3 is 2.88 bits per heavy atom. The van der Waals surface area contributed by atoms with E-state index in [9.17, 15) is 4.39 Å². The fraction of sp³-hybridized carbons (Fsp3) is 0.0909. The molecule has 0 aliphatic heterocycles. The van der Waals surface area contributed by atoms with Gasteiger partial charge in [0.1, 0.15) is 17.5 Å². The highest BCUT2D eigenvalue weighted by atomic mass is 127. The summed E-state index contributed by atoms with van der Waals surface area (Å²) in [6.45, 7) is 0. The molecule has 1 heterocycles. The monoisotopic (exact) mass is 363 g/mol. The molecule has 0 fully saturated rings. The molecule has 0 bridgehead atoms. The van der Waals surface area contributed by atoms with Crippen molar-refractivity contribution in [3.05, 3.63) is 50.2 Å². The van der Waals surface area contributed by atoms with Crippen LogP contribution in [0.4, 0.5) is 10.2 Å². The molecule has 17 heavy (non-hydrogen) atoms. The van der Waals surface area contributed by atoms with Gasteiger partial charge in [-0.25, -0.2) is 14.4 Å². The first-order valence-electron chi connectivity index (χ1n) is 4.77. The minimum atomic E-state index is -0.435. The van der Waals surface area contributed by atoms with E-state index in [1.165, 1.54) is 6.07 Å². The number of benzene rings is 1. The van der Waals surface area contributed by atoms with Crippen LogP contribution < -0.4 is 5.73 Å². The summed E-state index contributed by atoms with van der Waals surface area (Å²) in [5, 5.41) is 0.0981. The normalized spacial score (nSPS) is 10.5. The van der Waals surface area contributed by atoms with Gasteiger partial charge in [-0.15, -0.1) is 0 Å². The number of halogens is 3. The summed E-state index contributed by atoms with van der Waals surface area (Å²) in [6, 6.07) is 4.85. The summed E-state index contributed by atoms with van der Waals surface area (Å²) in [5.74, 6) is 0.442. The third-order valence-corrected chi connectivity index (χ3v) is 3.32. The molecular formula is C11H8ClFIN3. The number of hydrogen-bond donors (Lipinski definition) is 1. The Labute approximate surface area is 116 Å². The standard InChI is InChI=1S/C11H8ClFIN3/c12-7-3-1-2-6(10(7)13)4-9-16-5-8(14)11(15)17-9/h1-3,5H,4H2,(H2,15,16,17). The zero-order valence-corrected chi connectivity index (χ0v) is 11.5. The Hall–Kier alpha value is -0.950. The largest absolute Gasteiger partial charge is 0.383 e. The number of nitrogens with two attached hydrogens (primary N) is 1. The molecule has 0 amide bonds. The van der Waals surface area contributed by atoms with Gasteiger partial charge >= 0.3 is 0 Å². The minimum absolute atomic E-state index is 0.0981. The molecule has 0 spiro atoms. The number of rotatable bonds is 2. The Morgan fingerprint density at radius 2 is 2.18 bits per heavy atom. The summed E-state index contributed by atoms with van der Waals surface area (Å²) >= 11 is 7.73. The highest BCUT2D eigenvalue weighted by Crippen LogP contribution is 2.20. The average Bonchev–Trinajstić information content (AvgIpc) is 2.30. The second-order valence-corrected chi connectivity index (χ2v) is 4.98. The molecule has 1 aromatic heterocycles. The molecule has 0 radical (unpaired) electrons. The van der Waals surface area contributed by atoms with Crippen molar-refractivity contribution >= 4 is 40.0 Å². The minimum Gasteiger partial charge on any atom is -0.383 e. The van der Waals surface area contributed by atoms with Crippen molar-refractivity contribution in [2.75, 3.05) is 5.73 Å². The van der Waals surface area contributed by atoms with Crippen molar-refractivity contribution in [2.24, 2.45) is 0 Å². The highest BCUT2D eigenvalue weighted by Gasteiger charge is 2.09. The van der Waals surface area contributed by atoms with E-state index in [1.807, 2.05) is 22.6 Å². The summed E-state index contributed by atoms with van der Waals surface area (Å²) in [4.78, 5) is 8.19. The van der Waals surface area contributed by atoms with Crippen molar-refractivity contribution in [3.8, 4) is 0 Å². The topological polar surface area (TPSA) is 51.8 Å². The lowest BCUT2D eigenvalue weighted by Crippen LogP contribution is -2.03. The summed E-state index contributed by atoms with van der Waals surface area (Å²) in [6.07, 6.45) is 1.88. The van der Waals surface area contributed by atoms with Crippen LogP contribution in [0.25, 0.3) is 0 Å². The lowest BCUT2D eigenvalue weighted by molar-refractivity contribution is 0.612. The van der Waals surface area contributed by atoms with Crippen LogP contribution in [0.15, 0.2) is 24.4 Å². The number of nitrogens with zero attached hydrogens (tertiary/aromatic N) is 2. The molecule has 0 aliphatic carbocycles. The molecule has 1 aromatic carbocycles. The van der Waals surface area contributed by atoms with Gasteiger partial charge in [0, 0.05) is 12.6 Å². The molecule has 0 saturated carbocycles. The molecule has 0 saturated heterocycles. The van der Waals surface area contributed by atoms with Gasteiger partial charge < -0.3 is 5.73 Å². The number of nitrogen functional groups attached to an aromatic ring is 1. The van der Waals surface area contributed by atoms with E-state index in [0.29, 0.717) is 17.2 Å². The Morgan fingerprint density at radius 1 is 1.41 bits per heavy atom. The van der Waals surface area contributed by atoms with E-state index in [-0.39, 0.29) is 11.4 Å². The fourth-order valence-corrected chi connectivity index (χ4v) is 1.81. The van der Waals surface area contributed by atoms with Crippen LogP contribution in [0.2, 0.25) is 5.02 Å². The predicted molar refractivity (Wildman–Crippen MR) is 73.4 cm³/mol. The maximum absolute atomic E-state index is 13.6. The van der Waals surface area contributed by atoms with Gasteiger partial charge in [0.2, 0.25) is 0 Å². The van der Waals surface area contributed by atoms with Gasteiger partial charge in [0.15, 0.2) is 0 Å². The van der Waals surface area contributed by atoms with E-state index < -0.39 is 5.82 Å². The van der Waals surface area contributed by atoms with Crippen LogP contribution in [0.1, 0.15) is 11.4 Å². The van der Waals surface area contributed by atoms with Crippen molar-refractivity contribution in [1.29, 1.82) is 0 Å². The van der Waals surface area contributed by atoms with Gasteiger partial charge in [-0.1, -0.05) is 23.7 Å². The van der Waals surface area contributed by atoms with Crippen LogP contribution in [-0.2, 0) is 6.42 Å². The summed E-state index contributed by atoms with van der Waals surface area (Å²) in [5.41, 5.74) is 6.12. The molecule has 2 aromatic rings. The van der Waals surface area contributed by atoms with Crippen LogP contribution >= 0.6 is 34.2 Å². The van der Waals surface area contributed by atoms with E-state index in [4.69, 9.17) is 17.3 Å². The molecule has 2 rings (SSSR count). The van der Waals surface area contributed by atoms with Gasteiger partial charge in [-0.3, -0.25) is 0 Å². The van der Waals surface area contributed by atoms with Crippen LogP contribution in [-0.4, -0.2) is 9.97 Å². The van der Waals surface area contributed by atoms with Gasteiger partial charge in [0.25, 0.3) is 0 Å². The fourth-order valence-electron chi connectivity index (χ4n) is 1.36. The summed E-state index contributed by atoms with van der Waals surface area (Å²) < 4.78 is 14.4.